The van der Waals surface area contributed by atoms with Gasteiger partial charge in [0.05, 0.1) is 6.61 Å². The molecule has 0 aromatic carbocycles. The van der Waals surface area contributed by atoms with E-state index in [4.69, 9.17) is 4.74 Å². The van der Waals surface area contributed by atoms with Crippen LogP contribution >= 0.6 is 0 Å². The number of piperazine rings is 1. The molecule has 2 atom stereocenters. The van der Waals surface area contributed by atoms with Gasteiger partial charge in [0.2, 0.25) is 0 Å². The lowest BCUT2D eigenvalue weighted by molar-refractivity contribution is 0.0465. The van der Waals surface area contributed by atoms with Crippen LogP contribution in [0.1, 0.15) is 46.5 Å². The molecule has 0 aromatic rings. The molecule has 19 heavy (non-hydrogen) atoms. The van der Waals surface area contributed by atoms with Gasteiger partial charge in [0.1, 0.15) is 0 Å². The number of rotatable bonds is 8. The van der Waals surface area contributed by atoms with E-state index in [-0.39, 0.29) is 0 Å². The molecule has 2 unspecified atom stereocenters. The van der Waals surface area contributed by atoms with Crippen molar-refractivity contribution in [3.63, 3.8) is 0 Å². The first kappa shape index (κ1) is 15.3. The fraction of sp³-hybridized carbons (Fsp3) is 1.00. The monoisotopic (exact) mass is 268 g/mol. The number of nitrogens with zero attached hydrogens (tertiary/aromatic N) is 1. The first-order valence-electron chi connectivity index (χ1n) is 8.27. The van der Waals surface area contributed by atoms with Crippen molar-refractivity contribution in [2.24, 2.45) is 11.8 Å². The molecule has 2 aliphatic rings. The highest BCUT2D eigenvalue weighted by atomic mass is 16.5. The first-order chi connectivity index (χ1) is 9.22. The van der Waals surface area contributed by atoms with E-state index >= 15 is 0 Å². The highest BCUT2D eigenvalue weighted by Gasteiger charge is 2.37. The maximum Gasteiger partial charge on any atom is 0.0593 e. The molecular formula is C16H32N2O. The topological polar surface area (TPSA) is 24.5 Å². The molecule has 0 radical (unpaired) electrons. The number of hydrogen-bond donors (Lipinski definition) is 1. The van der Waals surface area contributed by atoms with Crippen molar-refractivity contribution in [3.8, 4) is 0 Å². The maximum absolute atomic E-state index is 5.75. The predicted molar refractivity (Wildman–Crippen MR) is 80.4 cm³/mol. The standard InChI is InChI=1S/C16H32N2O/c1-4-5-9-19-10-8-18-12-15(14-6-7-14)17-11-16(18)13(2)3/h13-17H,4-12H2,1-3H3. The average molecular weight is 268 g/mol. The zero-order valence-electron chi connectivity index (χ0n) is 13.0. The molecule has 0 bridgehead atoms. The van der Waals surface area contributed by atoms with Crippen LogP contribution < -0.4 is 5.32 Å². The van der Waals surface area contributed by atoms with Gasteiger partial charge in [0, 0.05) is 38.3 Å². The van der Waals surface area contributed by atoms with Gasteiger partial charge in [-0.3, -0.25) is 4.90 Å². The van der Waals surface area contributed by atoms with Crippen LogP contribution in [0, 0.1) is 11.8 Å². The summed E-state index contributed by atoms with van der Waals surface area (Å²) in [5.41, 5.74) is 0. The van der Waals surface area contributed by atoms with Gasteiger partial charge >= 0.3 is 0 Å². The summed E-state index contributed by atoms with van der Waals surface area (Å²) >= 11 is 0. The smallest absolute Gasteiger partial charge is 0.0593 e. The molecule has 2 rings (SSSR count). The van der Waals surface area contributed by atoms with Crippen molar-refractivity contribution in [1.29, 1.82) is 0 Å². The van der Waals surface area contributed by atoms with Crippen molar-refractivity contribution < 1.29 is 4.74 Å². The van der Waals surface area contributed by atoms with Gasteiger partial charge in [0.15, 0.2) is 0 Å². The van der Waals surface area contributed by atoms with Crippen LogP contribution in [0.15, 0.2) is 0 Å². The Hall–Kier alpha value is -0.120. The van der Waals surface area contributed by atoms with E-state index in [9.17, 15) is 0 Å². The Labute approximate surface area is 119 Å². The summed E-state index contributed by atoms with van der Waals surface area (Å²) in [5.74, 6) is 1.68. The highest BCUT2D eigenvalue weighted by molar-refractivity contribution is 4.95. The van der Waals surface area contributed by atoms with Crippen LogP contribution in [0.4, 0.5) is 0 Å². The molecule has 0 spiro atoms. The Morgan fingerprint density at radius 2 is 2.05 bits per heavy atom. The summed E-state index contributed by atoms with van der Waals surface area (Å²) in [7, 11) is 0. The lowest BCUT2D eigenvalue weighted by atomic mass is 9.97. The third-order valence-corrected chi connectivity index (χ3v) is 4.62. The Morgan fingerprint density at radius 3 is 2.68 bits per heavy atom. The largest absolute Gasteiger partial charge is 0.380 e. The zero-order valence-corrected chi connectivity index (χ0v) is 13.0. The van der Waals surface area contributed by atoms with Gasteiger partial charge in [-0.25, -0.2) is 0 Å². The van der Waals surface area contributed by atoms with Gasteiger partial charge in [0.25, 0.3) is 0 Å². The fourth-order valence-electron chi connectivity index (χ4n) is 3.11. The van der Waals surface area contributed by atoms with E-state index in [1.54, 1.807) is 0 Å². The molecule has 1 saturated heterocycles. The van der Waals surface area contributed by atoms with Gasteiger partial charge in [-0.05, 0) is 31.1 Å². The molecule has 1 aliphatic carbocycles. The lowest BCUT2D eigenvalue weighted by Gasteiger charge is -2.42. The molecular weight excluding hydrogens is 236 g/mol. The lowest BCUT2D eigenvalue weighted by Crippen LogP contribution is -2.59. The van der Waals surface area contributed by atoms with E-state index in [1.165, 1.54) is 32.2 Å². The molecule has 1 saturated carbocycles. The second kappa shape index (κ2) is 7.61. The van der Waals surface area contributed by atoms with Crippen LogP contribution in [-0.4, -0.2) is 49.8 Å². The SMILES string of the molecule is CCCCOCCN1CC(C2CC2)NCC1C(C)C. The van der Waals surface area contributed by atoms with Crippen LogP contribution in [-0.2, 0) is 4.74 Å². The molecule has 1 N–H and O–H groups in total. The average Bonchev–Trinajstić information content (AvgIpc) is 3.22. The summed E-state index contributed by atoms with van der Waals surface area (Å²) in [6, 6.07) is 1.43. The third-order valence-electron chi connectivity index (χ3n) is 4.62. The van der Waals surface area contributed by atoms with Crippen molar-refractivity contribution in [2.75, 3.05) is 32.8 Å². The van der Waals surface area contributed by atoms with Gasteiger partial charge in [-0.2, -0.15) is 0 Å². The molecule has 1 aliphatic heterocycles. The zero-order chi connectivity index (χ0) is 13.7. The summed E-state index contributed by atoms with van der Waals surface area (Å²) in [5, 5.41) is 3.77. The van der Waals surface area contributed by atoms with E-state index in [2.05, 4.69) is 31.0 Å². The van der Waals surface area contributed by atoms with E-state index in [0.717, 1.165) is 44.2 Å². The molecule has 1 heterocycles. The van der Waals surface area contributed by atoms with Crippen LogP contribution in [0.25, 0.3) is 0 Å². The van der Waals surface area contributed by atoms with E-state index in [0.29, 0.717) is 6.04 Å². The van der Waals surface area contributed by atoms with Gasteiger partial charge < -0.3 is 10.1 Å². The minimum Gasteiger partial charge on any atom is -0.380 e. The molecule has 3 heteroatoms. The summed E-state index contributed by atoms with van der Waals surface area (Å²) in [4.78, 5) is 2.68. The van der Waals surface area contributed by atoms with E-state index < -0.39 is 0 Å². The van der Waals surface area contributed by atoms with Gasteiger partial charge in [-0.15, -0.1) is 0 Å². The first-order valence-corrected chi connectivity index (χ1v) is 8.27. The summed E-state index contributed by atoms with van der Waals surface area (Å²) in [6.07, 6.45) is 5.29. The molecule has 0 amide bonds. The second-order valence-corrected chi connectivity index (χ2v) is 6.62. The normalized spacial score (nSPS) is 29.1. The van der Waals surface area contributed by atoms with Crippen LogP contribution in [0.2, 0.25) is 0 Å². The Kier molecular flexibility index (Phi) is 6.11. The highest BCUT2D eigenvalue weighted by Crippen LogP contribution is 2.34. The fourth-order valence-corrected chi connectivity index (χ4v) is 3.11. The third kappa shape index (κ3) is 4.73. The van der Waals surface area contributed by atoms with Crippen molar-refractivity contribution in [2.45, 2.75) is 58.5 Å². The maximum atomic E-state index is 5.75. The molecule has 112 valence electrons. The quantitative estimate of drug-likeness (QED) is 0.685. The molecule has 0 aromatic heterocycles. The summed E-state index contributed by atoms with van der Waals surface area (Å²) < 4.78 is 5.75. The number of hydrogen-bond acceptors (Lipinski definition) is 3. The predicted octanol–water partition coefficient (Wildman–Crippen LogP) is 2.51. The van der Waals surface area contributed by atoms with Crippen molar-refractivity contribution in [3.05, 3.63) is 0 Å². The number of ether oxygens (including phenoxy) is 1. The minimum atomic E-state index is 0.685. The number of unbranched alkanes of at least 4 members (excludes halogenated alkanes) is 1. The Bertz CT molecular complexity index is 253. The van der Waals surface area contributed by atoms with Crippen molar-refractivity contribution in [1.82, 2.24) is 10.2 Å². The van der Waals surface area contributed by atoms with Crippen LogP contribution in [0.3, 0.4) is 0 Å². The van der Waals surface area contributed by atoms with Gasteiger partial charge in [-0.1, -0.05) is 27.2 Å². The molecule has 2 fully saturated rings. The minimum absolute atomic E-state index is 0.685. The number of nitrogens with one attached hydrogen (secondary N) is 1. The van der Waals surface area contributed by atoms with Crippen molar-refractivity contribution >= 4 is 0 Å². The Balaban J connectivity index is 1.74. The summed E-state index contributed by atoms with van der Waals surface area (Å²) in [6.45, 7) is 12.2. The van der Waals surface area contributed by atoms with E-state index in [1.807, 2.05) is 0 Å². The Morgan fingerprint density at radius 1 is 1.26 bits per heavy atom. The second-order valence-electron chi connectivity index (χ2n) is 6.62. The molecule has 3 nitrogen and oxygen atoms in total. The van der Waals surface area contributed by atoms with Crippen LogP contribution in [0.5, 0.6) is 0 Å².